The molecule has 0 bridgehead atoms. The number of anilines is 3. The van der Waals surface area contributed by atoms with Crippen molar-refractivity contribution >= 4 is 120 Å². The second kappa shape index (κ2) is 22.6. The van der Waals surface area contributed by atoms with Gasteiger partial charge in [-0.15, -0.1) is 0 Å². The van der Waals surface area contributed by atoms with Crippen molar-refractivity contribution in [3.63, 3.8) is 0 Å². The lowest BCUT2D eigenvalue weighted by molar-refractivity contribution is 0.668. The van der Waals surface area contributed by atoms with Gasteiger partial charge in [0, 0.05) is 48.8 Å². The van der Waals surface area contributed by atoms with Crippen LogP contribution >= 0.6 is 15.9 Å². The van der Waals surface area contributed by atoms with E-state index in [4.69, 9.17) is 8.83 Å². The van der Waals surface area contributed by atoms with Crippen LogP contribution in [0.15, 0.2) is 317 Å². The second-order valence-electron chi connectivity index (χ2n) is 20.5. The number of hydrogen-bond acceptors (Lipinski definition) is 3. The van der Waals surface area contributed by atoms with Crippen LogP contribution in [0.2, 0.25) is 0 Å². The Hall–Kier alpha value is -10.0. The summed E-state index contributed by atoms with van der Waals surface area (Å²) in [6.07, 6.45) is 0.911. The minimum absolute atomic E-state index is 0. The van der Waals surface area contributed by atoms with Crippen LogP contribution < -0.4 is 4.90 Å². The summed E-state index contributed by atoms with van der Waals surface area (Å²) in [4.78, 5) is 2.34. The molecule has 0 amide bonds. The van der Waals surface area contributed by atoms with E-state index in [1.807, 2.05) is 24.3 Å². The van der Waals surface area contributed by atoms with Gasteiger partial charge in [-0.3, -0.25) is 0 Å². The number of benzene rings is 14. The van der Waals surface area contributed by atoms with Crippen LogP contribution in [0.5, 0.6) is 0 Å². The van der Waals surface area contributed by atoms with Crippen LogP contribution in [0.3, 0.4) is 0 Å². The largest absolute Gasteiger partial charge is 0.456 e. The minimum Gasteiger partial charge on any atom is -0.456 e. The molecule has 0 N–H and O–H groups in total. The van der Waals surface area contributed by atoms with E-state index in [-0.39, 0.29) is 7.43 Å². The van der Waals surface area contributed by atoms with Gasteiger partial charge >= 0.3 is 0 Å². The van der Waals surface area contributed by atoms with Gasteiger partial charge in [-0.25, -0.2) is 0 Å². The number of para-hydroxylation sites is 2. The Morgan fingerprint density at radius 2 is 0.695 bits per heavy atom. The van der Waals surface area contributed by atoms with Gasteiger partial charge in [0.2, 0.25) is 0 Å². The van der Waals surface area contributed by atoms with Crippen molar-refractivity contribution in [2.75, 3.05) is 4.90 Å². The van der Waals surface area contributed by atoms with E-state index in [2.05, 4.69) is 300 Å². The summed E-state index contributed by atoms with van der Waals surface area (Å²) in [5.41, 5.74) is 14.6. The predicted molar refractivity (Wildman–Crippen MR) is 353 cm³/mol. The van der Waals surface area contributed by atoms with E-state index in [0.717, 1.165) is 61.1 Å². The third kappa shape index (κ3) is 10.1. The van der Waals surface area contributed by atoms with Crippen molar-refractivity contribution in [1.82, 2.24) is 0 Å². The highest BCUT2D eigenvalue weighted by atomic mass is 79.9. The van der Waals surface area contributed by atoms with E-state index in [1.165, 1.54) is 87.2 Å². The molecule has 0 atom stereocenters. The highest BCUT2D eigenvalue weighted by Gasteiger charge is 2.18. The molecule has 82 heavy (non-hydrogen) atoms. The molecule has 4 heteroatoms. The van der Waals surface area contributed by atoms with Crippen LogP contribution in [0.25, 0.3) is 109 Å². The highest BCUT2D eigenvalue weighted by Crippen LogP contribution is 2.42. The normalized spacial score (nSPS) is 11.2. The zero-order valence-electron chi connectivity index (χ0n) is 44.2. The van der Waals surface area contributed by atoms with Crippen molar-refractivity contribution in [3.8, 4) is 22.3 Å². The van der Waals surface area contributed by atoms with Gasteiger partial charge in [-0.2, -0.15) is 0 Å². The molecule has 0 saturated heterocycles. The fourth-order valence-electron chi connectivity index (χ4n) is 11.6. The standard InChI is InChI=1S/C38H25NO.C23H16O.C16H11Br.CH4/c1-3-13-31-26(9-1)11-7-16-32(31)28-19-21-29(22-20-28)39(36-17-8-12-27-10-2-4-14-33(27)36)30-23-24-35-34-15-5-6-18-37(34)40-38(35)25-30;1-2-9-19-17(6-1)7-5-8-18(19)14-16-12-13-21-20-10-3-4-11-22(20)24-23(21)15-16;17-14-10-8-13(9-11-14)16-7-3-5-12-4-1-2-6-15(12)16;/h1-25H;1-13,15H,14H2;1-11H;1H4. The molecule has 0 spiro atoms. The molecule has 16 rings (SSSR count). The molecule has 0 saturated carbocycles. The SMILES string of the molecule is Brc1ccc(-c2cccc3ccccc23)cc1.C.c1ccc2c(-c3ccc(N(c4ccc5c(c4)oc4ccccc45)c4cccc5ccccc45)cc3)cccc2c1.c1ccc2c(Cc3ccc4c(c3)oc3ccccc34)cccc2c1. The number of fused-ring (bicyclic) bond motifs is 10. The van der Waals surface area contributed by atoms with Crippen molar-refractivity contribution in [2.45, 2.75) is 13.8 Å². The Morgan fingerprint density at radius 1 is 0.293 bits per heavy atom. The summed E-state index contributed by atoms with van der Waals surface area (Å²) in [5, 5.41) is 14.8. The van der Waals surface area contributed by atoms with Crippen LogP contribution in [0, 0.1) is 0 Å². The zero-order valence-corrected chi connectivity index (χ0v) is 45.8. The van der Waals surface area contributed by atoms with Gasteiger partial charge in [0.1, 0.15) is 22.3 Å². The lowest BCUT2D eigenvalue weighted by atomic mass is 9.98. The van der Waals surface area contributed by atoms with Gasteiger partial charge < -0.3 is 13.7 Å². The summed E-state index contributed by atoms with van der Waals surface area (Å²) in [5.74, 6) is 0. The van der Waals surface area contributed by atoms with Crippen LogP contribution in [-0.4, -0.2) is 0 Å². The molecule has 0 aliphatic carbocycles. The molecule has 2 aromatic heterocycles. The molecule has 16 aromatic rings. The molecule has 14 aromatic carbocycles. The maximum absolute atomic E-state index is 6.29. The maximum Gasteiger partial charge on any atom is 0.137 e. The molecule has 0 radical (unpaired) electrons. The Morgan fingerprint density at radius 3 is 1.28 bits per heavy atom. The predicted octanol–water partition coefficient (Wildman–Crippen LogP) is 23.3. The molecule has 0 aliphatic rings. The van der Waals surface area contributed by atoms with E-state index in [9.17, 15) is 0 Å². The Kier molecular flexibility index (Phi) is 14.2. The summed E-state index contributed by atoms with van der Waals surface area (Å²) in [6.45, 7) is 0. The Labute approximate surface area is 485 Å². The quantitative estimate of drug-likeness (QED) is 0.159. The van der Waals surface area contributed by atoms with Crippen molar-refractivity contribution in [3.05, 3.63) is 319 Å². The molecule has 0 fully saturated rings. The third-order valence-electron chi connectivity index (χ3n) is 15.5. The first-order chi connectivity index (χ1) is 40.1. The summed E-state index contributed by atoms with van der Waals surface area (Å²) in [7, 11) is 0. The van der Waals surface area contributed by atoms with Gasteiger partial charge in [0.05, 0.1) is 5.69 Å². The topological polar surface area (TPSA) is 29.5 Å². The van der Waals surface area contributed by atoms with Gasteiger partial charge in [-0.05, 0) is 138 Å². The minimum atomic E-state index is 0. The fourth-order valence-corrected chi connectivity index (χ4v) is 11.9. The lowest BCUT2D eigenvalue weighted by Crippen LogP contribution is -2.10. The van der Waals surface area contributed by atoms with E-state index in [0.29, 0.717) is 0 Å². The number of nitrogens with zero attached hydrogens (tertiary/aromatic N) is 1. The Bertz CT molecular complexity index is 4920. The lowest BCUT2D eigenvalue weighted by Gasteiger charge is -2.27. The first-order valence-corrected chi connectivity index (χ1v) is 28.2. The van der Waals surface area contributed by atoms with Crippen molar-refractivity contribution < 1.29 is 8.83 Å². The van der Waals surface area contributed by atoms with Crippen molar-refractivity contribution in [2.24, 2.45) is 0 Å². The highest BCUT2D eigenvalue weighted by molar-refractivity contribution is 9.10. The van der Waals surface area contributed by atoms with Crippen molar-refractivity contribution in [1.29, 1.82) is 0 Å². The molecule has 0 unspecified atom stereocenters. The van der Waals surface area contributed by atoms with Crippen LogP contribution in [-0.2, 0) is 6.42 Å². The number of furan rings is 2. The van der Waals surface area contributed by atoms with Gasteiger partial charge in [0.25, 0.3) is 0 Å². The molecule has 0 aliphatic heterocycles. The molecule has 3 nitrogen and oxygen atoms in total. The van der Waals surface area contributed by atoms with E-state index >= 15 is 0 Å². The average molecular weight is 1120 g/mol. The summed E-state index contributed by atoms with van der Waals surface area (Å²) < 4.78 is 13.4. The molecular weight excluding hydrogens is 1060 g/mol. The van der Waals surface area contributed by atoms with Gasteiger partial charge in [-0.1, -0.05) is 260 Å². The molecule has 392 valence electrons. The number of halogens is 1. The summed E-state index contributed by atoms with van der Waals surface area (Å²) in [6, 6.07) is 107. The third-order valence-corrected chi connectivity index (χ3v) is 16.0. The van der Waals surface area contributed by atoms with E-state index in [1.54, 1.807) is 0 Å². The van der Waals surface area contributed by atoms with E-state index < -0.39 is 0 Å². The number of rotatable bonds is 7. The van der Waals surface area contributed by atoms with Crippen LogP contribution in [0.1, 0.15) is 18.6 Å². The van der Waals surface area contributed by atoms with Gasteiger partial charge in [0.15, 0.2) is 0 Å². The average Bonchev–Trinajstić information content (AvgIpc) is 4.15. The zero-order chi connectivity index (χ0) is 54.1. The first-order valence-electron chi connectivity index (χ1n) is 27.4. The Balaban J connectivity index is 0.000000127. The fraction of sp³-hybridized carbons (Fsp3) is 0.0256. The number of hydrogen-bond donors (Lipinski definition) is 0. The maximum atomic E-state index is 6.29. The molecule has 2 heterocycles. The second-order valence-corrected chi connectivity index (χ2v) is 21.4. The first kappa shape index (κ1) is 51.4. The smallest absolute Gasteiger partial charge is 0.137 e. The summed E-state index contributed by atoms with van der Waals surface area (Å²) >= 11 is 3.47. The monoisotopic (exact) mass is 1120 g/mol. The van der Waals surface area contributed by atoms with Crippen LogP contribution in [0.4, 0.5) is 17.1 Å². The molecular formula is C78H56BrNO2.